The van der Waals surface area contributed by atoms with Gasteiger partial charge in [0.1, 0.15) is 23.2 Å². The Morgan fingerprint density at radius 2 is 1.00 bits per heavy atom. The van der Waals surface area contributed by atoms with Crippen LogP contribution in [0.4, 0.5) is 0 Å². The fourth-order valence-corrected chi connectivity index (χ4v) is 11.5. The molecule has 1 atom stereocenters. The predicted octanol–water partition coefficient (Wildman–Crippen LogP) is 2.36. The summed E-state index contributed by atoms with van der Waals surface area (Å²) < 4.78 is -0.137. The maximum atomic E-state index is 13.6. The number of benzene rings is 3. The van der Waals surface area contributed by atoms with Gasteiger partial charge in [-0.2, -0.15) is 0 Å². The first kappa shape index (κ1) is 23.3. The van der Waals surface area contributed by atoms with E-state index in [9.17, 15) is 4.79 Å². The van der Waals surface area contributed by atoms with Crippen molar-refractivity contribution in [3.63, 3.8) is 0 Å². The van der Waals surface area contributed by atoms with Gasteiger partial charge in [-0.15, -0.1) is 0 Å². The summed E-state index contributed by atoms with van der Waals surface area (Å²) in [6.07, 6.45) is 0. The van der Waals surface area contributed by atoms with E-state index < -0.39 is 12.7 Å². The molecular weight excluding hydrogens is 542 g/mol. The number of halogens is 2. The van der Waals surface area contributed by atoms with Crippen LogP contribution in [0.3, 0.4) is 0 Å². The highest BCUT2D eigenvalue weighted by atomic mass is 127. The Morgan fingerprint density at radius 3 is 1.25 bits per heavy atom. The lowest BCUT2D eigenvalue weighted by molar-refractivity contribution is -0.124. The molecule has 0 aliphatic heterocycles. The minimum atomic E-state index is -2.16. The topological polar surface area (TPSA) is 17.1 Å². The molecule has 0 aliphatic carbocycles. The molecule has 0 heterocycles. The van der Waals surface area contributed by atoms with Gasteiger partial charge in [0.15, 0.2) is 9.45 Å². The molecule has 0 spiro atoms. The molecule has 28 heavy (non-hydrogen) atoms. The number of ketones is 1. The fraction of sp³-hybridized carbons (Fsp3) is 0.208. The van der Waals surface area contributed by atoms with Crippen LogP contribution in [-0.4, -0.2) is 9.45 Å². The molecule has 1 unspecified atom stereocenters. The number of Topliss-reactive ketones (excluding diaryl/α,β-unsaturated/α-hetero) is 1. The number of hydrogen-bond acceptors (Lipinski definition) is 1. The number of carbonyl (C=O) groups is 1. The molecule has 0 amide bonds. The average molecular weight is 567 g/mol. The molecule has 3 rings (SSSR count). The Hall–Kier alpha value is -1.03. The molecule has 0 saturated heterocycles. The normalized spacial score (nSPS) is 12.7. The summed E-state index contributed by atoms with van der Waals surface area (Å²) in [5.41, 5.74) is -0.393. The fourth-order valence-electron chi connectivity index (χ4n) is 3.36. The zero-order valence-corrected chi connectivity index (χ0v) is 21.0. The van der Waals surface area contributed by atoms with Crippen LogP contribution in [0.25, 0.3) is 0 Å². The molecule has 0 saturated carbocycles. The maximum absolute atomic E-state index is 13.6. The summed E-state index contributed by atoms with van der Waals surface area (Å²) >= 11 is 2.42. The summed E-state index contributed by atoms with van der Waals surface area (Å²) in [5, 5.41) is 3.75. The molecule has 146 valence electrons. The molecule has 0 fully saturated rings. The standard InChI is InChI=1S/C24H25IOP.BrH/c1-24(2,3)22(26)23(25)27(19-13-7-4-8-14-19,20-15-9-5-10-16-20)21-17-11-6-12-18-21;/h4-18,23H,1-3H3;1H/q+1;/p-1. The minimum Gasteiger partial charge on any atom is -1.00 e. The highest BCUT2D eigenvalue weighted by Gasteiger charge is 2.56. The van der Waals surface area contributed by atoms with Gasteiger partial charge in [-0.3, -0.25) is 4.79 Å². The highest BCUT2D eigenvalue weighted by Crippen LogP contribution is 2.63. The van der Waals surface area contributed by atoms with Crippen molar-refractivity contribution < 1.29 is 21.8 Å². The monoisotopic (exact) mass is 566 g/mol. The molecule has 4 heteroatoms. The lowest BCUT2D eigenvalue weighted by Gasteiger charge is -2.33. The van der Waals surface area contributed by atoms with Crippen LogP contribution in [0.15, 0.2) is 91.0 Å². The SMILES string of the molecule is CC(C)(C)C(=O)C(I)[P+](c1ccccc1)(c1ccccc1)c1ccccc1.[Br-]. The third-order valence-corrected chi connectivity index (χ3v) is 12.1. The maximum Gasteiger partial charge on any atom is 0.191 e. The first-order chi connectivity index (χ1) is 12.9. The van der Waals surface area contributed by atoms with E-state index in [1.165, 1.54) is 15.9 Å². The van der Waals surface area contributed by atoms with Crippen molar-refractivity contribution in [2.24, 2.45) is 5.41 Å². The van der Waals surface area contributed by atoms with E-state index in [1.54, 1.807) is 0 Å². The van der Waals surface area contributed by atoms with Crippen molar-refractivity contribution in [2.75, 3.05) is 0 Å². The van der Waals surface area contributed by atoms with Gasteiger partial charge in [0, 0.05) is 5.41 Å². The Kier molecular flexibility index (Phi) is 8.01. The van der Waals surface area contributed by atoms with E-state index in [0.29, 0.717) is 5.78 Å². The van der Waals surface area contributed by atoms with Gasteiger partial charge in [0.2, 0.25) is 0 Å². The van der Waals surface area contributed by atoms with Crippen LogP contribution in [0.1, 0.15) is 20.8 Å². The van der Waals surface area contributed by atoms with Crippen molar-refractivity contribution in [2.45, 2.75) is 24.4 Å². The first-order valence-corrected chi connectivity index (χ1v) is 12.2. The van der Waals surface area contributed by atoms with Crippen molar-refractivity contribution in [1.29, 1.82) is 0 Å². The van der Waals surface area contributed by atoms with Crippen LogP contribution in [-0.2, 0) is 4.79 Å². The van der Waals surface area contributed by atoms with E-state index in [0.717, 1.165) is 0 Å². The van der Waals surface area contributed by atoms with E-state index in [1.807, 2.05) is 39.0 Å². The molecule has 3 aromatic carbocycles. The summed E-state index contributed by atoms with van der Waals surface area (Å²) in [5.74, 6) is 0.299. The Labute approximate surface area is 193 Å². The highest BCUT2D eigenvalue weighted by molar-refractivity contribution is 14.1. The first-order valence-electron chi connectivity index (χ1n) is 9.12. The second kappa shape index (κ2) is 9.65. The zero-order chi connectivity index (χ0) is 19.5. The number of alkyl halides is 1. The van der Waals surface area contributed by atoms with Crippen molar-refractivity contribution >= 4 is 51.6 Å². The van der Waals surface area contributed by atoms with Crippen LogP contribution >= 0.6 is 29.9 Å². The summed E-state index contributed by atoms with van der Waals surface area (Å²) in [6.45, 7) is 6.07. The molecule has 0 aromatic heterocycles. The van der Waals surface area contributed by atoms with Gasteiger partial charge in [0.25, 0.3) is 0 Å². The summed E-state index contributed by atoms with van der Waals surface area (Å²) in [6, 6.07) is 31.8. The lowest BCUT2D eigenvalue weighted by Crippen LogP contribution is -3.00. The van der Waals surface area contributed by atoms with Gasteiger partial charge in [-0.25, -0.2) is 0 Å². The molecule has 0 aliphatic rings. The van der Waals surface area contributed by atoms with Gasteiger partial charge < -0.3 is 17.0 Å². The second-order valence-electron chi connectivity index (χ2n) is 7.68. The summed E-state index contributed by atoms with van der Waals surface area (Å²) in [7, 11) is -2.16. The number of carbonyl (C=O) groups excluding carboxylic acids is 1. The van der Waals surface area contributed by atoms with Crippen molar-refractivity contribution in [3.05, 3.63) is 91.0 Å². The van der Waals surface area contributed by atoms with Crippen LogP contribution < -0.4 is 32.9 Å². The molecule has 3 aromatic rings. The number of rotatable bonds is 5. The molecule has 1 nitrogen and oxygen atoms in total. The van der Waals surface area contributed by atoms with Gasteiger partial charge in [0.05, 0.1) is 0 Å². The third-order valence-electron chi connectivity index (χ3n) is 4.79. The third kappa shape index (κ3) is 4.42. The smallest absolute Gasteiger partial charge is 0.191 e. The van der Waals surface area contributed by atoms with E-state index in [4.69, 9.17) is 0 Å². The van der Waals surface area contributed by atoms with Crippen LogP contribution in [0, 0.1) is 5.41 Å². The van der Waals surface area contributed by atoms with Gasteiger partial charge >= 0.3 is 0 Å². The lowest BCUT2D eigenvalue weighted by atomic mass is 9.92. The van der Waals surface area contributed by atoms with Crippen molar-refractivity contribution in [3.8, 4) is 0 Å². The van der Waals surface area contributed by atoms with Crippen molar-refractivity contribution in [1.82, 2.24) is 0 Å². The van der Waals surface area contributed by atoms with Gasteiger partial charge in [-0.1, -0.05) is 75.4 Å². The molecule has 0 N–H and O–H groups in total. The number of hydrogen-bond donors (Lipinski definition) is 0. The van der Waals surface area contributed by atoms with Gasteiger partial charge in [-0.05, 0) is 59.0 Å². The average Bonchev–Trinajstić information content (AvgIpc) is 2.70. The Bertz CT molecular complexity index is 795. The molecular formula is C24H25BrIOP. The van der Waals surface area contributed by atoms with Crippen LogP contribution in [0.2, 0.25) is 0 Å². The molecule has 0 radical (unpaired) electrons. The Balaban J connectivity index is 0.00000280. The predicted molar refractivity (Wildman–Crippen MR) is 127 cm³/mol. The Morgan fingerprint density at radius 1 is 0.714 bits per heavy atom. The zero-order valence-electron chi connectivity index (χ0n) is 16.3. The largest absolute Gasteiger partial charge is 1.00 e. The second-order valence-corrected chi connectivity index (χ2v) is 13.4. The minimum absolute atomic E-state index is 0. The van der Waals surface area contributed by atoms with E-state index in [-0.39, 0.29) is 20.6 Å². The van der Waals surface area contributed by atoms with E-state index >= 15 is 0 Å². The molecule has 0 bridgehead atoms. The van der Waals surface area contributed by atoms with Crippen LogP contribution in [0.5, 0.6) is 0 Å². The quantitative estimate of drug-likeness (QED) is 0.263. The summed E-state index contributed by atoms with van der Waals surface area (Å²) in [4.78, 5) is 13.6. The van der Waals surface area contributed by atoms with E-state index in [2.05, 4.69) is 95.4 Å².